The molecule has 0 saturated carbocycles. The first kappa shape index (κ1) is 105. The first-order chi connectivity index (χ1) is 52.2. The van der Waals surface area contributed by atoms with Gasteiger partial charge in [-0.05, 0) is 44.9 Å². The lowest BCUT2D eigenvalue weighted by molar-refractivity contribution is -0.910. The Morgan fingerprint density at radius 1 is 0.252 bits per heavy atom. The molecule has 0 aliphatic rings. The van der Waals surface area contributed by atoms with Crippen molar-refractivity contribution in [3.05, 3.63) is 0 Å². The largest absolute Gasteiger partial charge is 0.501 e. The molecule has 0 fully saturated rings. The van der Waals surface area contributed by atoms with Gasteiger partial charge in [-0.1, -0.05) is 381 Å². The van der Waals surface area contributed by atoms with E-state index < -0.39 is 84.9 Å². The van der Waals surface area contributed by atoms with Gasteiger partial charge in [-0.25, -0.2) is 0 Å². The summed E-state index contributed by atoms with van der Waals surface area (Å²) in [6, 6.07) is 0.135. The van der Waals surface area contributed by atoms with Crippen LogP contribution in [0, 0.1) is 0 Å². The molecule has 17 heteroatoms. The van der Waals surface area contributed by atoms with E-state index in [-0.39, 0.29) is 43.0 Å². The molecule has 0 aromatic heterocycles. The lowest BCUT2D eigenvalue weighted by Crippen LogP contribution is -2.65. The van der Waals surface area contributed by atoms with Crippen LogP contribution < -0.4 is 16.0 Å². The molecule has 0 aliphatic heterocycles. The van der Waals surface area contributed by atoms with Gasteiger partial charge in [0.05, 0.1) is 86.1 Å². The second kappa shape index (κ2) is 75.6. The van der Waals surface area contributed by atoms with Crippen LogP contribution in [0.25, 0.3) is 0 Å². The van der Waals surface area contributed by atoms with Gasteiger partial charge >= 0.3 is 8.80 Å². The summed E-state index contributed by atoms with van der Waals surface area (Å²) in [6.07, 6.45) is 74.3. The van der Waals surface area contributed by atoms with E-state index in [0.717, 1.165) is 101 Å². The molecule has 3 amide bonds. The van der Waals surface area contributed by atoms with E-state index in [2.05, 4.69) is 57.6 Å². The summed E-state index contributed by atoms with van der Waals surface area (Å²) in [5.74, 6) is -1.03. The van der Waals surface area contributed by atoms with Gasteiger partial charge in [-0.2, -0.15) is 0 Å². The second-order valence-electron chi connectivity index (χ2n) is 33.9. The van der Waals surface area contributed by atoms with Gasteiger partial charge in [0.15, 0.2) is 0 Å². The van der Waals surface area contributed by atoms with Crippen molar-refractivity contribution in [3.8, 4) is 0 Å². The quantitative estimate of drug-likeness (QED) is 0.0157. The number of quaternary nitrogens is 1. The fraction of sp³-hybridized carbons (Fsp3) is 0.967. The summed E-state index contributed by atoms with van der Waals surface area (Å²) >= 11 is 0. The van der Waals surface area contributed by atoms with Gasteiger partial charge < -0.3 is 64.4 Å². The van der Waals surface area contributed by atoms with Crippen LogP contribution >= 0.6 is 0 Å². The van der Waals surface area contributed by atoms with Gasteiger partial charge in [0, 0.05) is 31.7 Å². The summed E-state index contributed by atoms with van der Waals surface area (Å²) in [4.78, 5) is 41.9. The third kappa shape index (κ3) is 61.4. The van der Waals surface area contributed by atoms with E-state index >= 15 is 0 Å². The number of aliphatic hydroxyl groups excluding tert-OH is 6. The van der Waals surface area contributed by atoms with Crippen molar-refractivity contribution < 1.29 is 62.8 Å². The lowest BCUT2D eigenvalue weighted by atomic mass is 10.0. The average molecular weight is 1540 g/mol. The molecular weight excluding hydrogens is 1360 g/mol. The van der Waals surface area contributed by atoms with E-state index in [4.69, 9.17) is 13.3 Å². The minimum atomic E-state index is -4.42. The third-order valence-corrected chi connectivity index (χ3v) is 25.8. The Kier molecular flexibility index (Phi) is 74.3. The van der Waals surface area contributed by atoms with Crippen molar-refractivity contribution in [2.24, 2.45) is 0 Å². The number of nitrogens with one attached hydrogen (secondary N) is 3. The number of carbonyl (C=O) groups excluding carboxylic acids is 3. The van der Waals surface area contributed by atoms with Crippen molar-refractivity contribution in [2.45, 2.75) is 475 Å². The number of aliphatic hydroxyl groups is 6. The Hall–Kier alpha value is -1.77. The number of hydrogen-bond acceptors (Lipinski definition) is 12. The molecule has 0 bridgehead atoms. The fourth-order valence-corrected chi connectivity index (χ4v) is 17.9. The summed E-state index contributed by atoms with van der Waals surface area (Å²) in [6.45, 7) is 8.40. The van der Waals surface area contributed by atoms with Gasteiger partial charge in [0.2, 0.25) is 17.7 Å². The Morgan fingerprint density at radius 3 is 0.589 bits per heavy atom. The normalized spacial score (nSPS) is 12.4. The highest BCUT2D eigenvalue weighted by atomic mass is 28.4. The zero-order valence-corrected chi connectivity index (χ0v) is 72.7. The van der Waals surface area contributed by atoms with Gasteiger partial charge in [0.25, 0.3) is 0 Å². The number of rotatable bonds is 88. The molecule has 0 aromatic carbocycles. The van der Waals surface area contributed by atoms with E-state index in [9.17, 15) is 45.0 Å². The highest BCUT2D eigenvalue weighted by molar-refractivity contribution is 6.60. The molecule has 0 heterocycles. The number of amides is 3. The zero-order chi connectivity index (χ0) is 78.6. The zero-order valence-electron chi connectivity index (χ0n) is 71.7. The first-order valence-corrected chi connectivity index (χ1v) is 48.4. The monoisotopic (exact) mass is 1540 g/mol. The number of carbonyl (C=O) groups is 3. The van der Waals surface area contributed by atoms with Crippen molar-refractivity contribution in [1.82, 2.24) is 16.0 Å². The number of nitrogens with zero attached hydrogens (tertiary/aromatic N) is 1. The predicted octanol–water partition coefficient (Wildman–Crippen LogP) is 21.4. The Morgan fingerprint density at radius 2 is 0.411 bits per heavy atom. The highest BCUT2D eigenvalue weighted by Crippen LogP contribution is 2.28. The number of unbranched alkanes of at least 4 members (excludes halogenated alkanes) is 56. The summed E-state index contributed by atoms with van der Waals surface area (Å²) in [5, 5.41) is 76.6. The maximum Gasteiger partial charge on any atom is 0.501 e. The summed E-state index contributed by atoms with van der Waals surface area (Å²) in [7, 11) is -2.09. The minimum Gasteiger partial charge on any atom is -0.394 e. The number of hydrogen-bond donors (Lipinski definition) is 9. The van der Waals surface area contributed by atoms with Crippen molar-refractivity contribution >= 4 is 26.5 Å². The molecule has 0 aromatic rings. The Labute approximate surface area is 662 Å². The van der Waals surface area contributed by atoms with Crippen molar-refractivity contribution in [3.63, 3.8) is 0 Å². The molecule has 0 rings (SSSR count). The van der Waals surface area contributed by atoms with Crippen LogP contribution in [0.15, 0.2) is 0 Å². The first-order valence-electron chi connectivity index (χ1n) is 46.5. The summed E-state index contributed by atoms with van der Waals surface area (Å²) < 4.78 is 21.9. The molecule has 107 heavy (non-hydrogen) atoms. The van der Waals surface area contributed by atoms with Crippen molar-refractivity contribution in [2.75, 3.05) is 86.1 Å². The van der Waals surface area contributed by atoms with Crippen LogP contribution in [0.1, 0.15) is 452 Å². The molecule has 9 N–H and O–H groups in total. The Balaban J connectivity index is 7.05. The highest BCUT2D eigenvalue weighted by Gasteiger charge is 2.49. The van der Waals surface area contributed by atoms with Crippen LogP contribution in [0.3, 0.4) is 0 Å². The smallest absolute Gasteiger partial charge is 0.394 e. The lowest BCUT2D eigenvalue weighted by Gasteiger charge is -2.41. The van der Waals surface area contributed by atoms with Crippen LogP contribution in [0.2, 0.25) is 6.04 Å². The molecule has 16 nitrogen and oxygen atoms in total. The predicted molar refractivity (Wildman–Crippen MR) is 453 cm³/mol. The van der Waals surface area contributed by atoms with E-state index in [0.29, 0.717) is 32.2 Å². The fourth-order valence-electron chi connectivity index (χ4n) is 15.2. The molecule has 0 atom stereocenters. The van der Waals surface area contributed by atoms with Gasteiger partial charge in [-0.3, -0.25) is 14.4 Å². The molecule has 0 spiro atoms. The van der Waals surface area contributed by atoms with E-state index in [1.807, 2.05) is 0 Å². The van der Waals surface area contributed by atoms with Crippen LogP contribution in [0.5, 0.6) is 0 Å². The Bertz CT molecular complexity index is 1730. The van der Waals surface area contributed by atoms with Crippen LogP contribution in [0.4, 0.5) is 0 Å². The molecular formula is C90H183N4O12Si+. The summed E-state index contributed by atoms with van der Waals surface area (Å²) in [5.41, 5.74) is -5.10. The van der Waals surface area contributed by atoms with Gasteiger partial charge in [0.1, 0.15) is 16.6 Å². The molecule has 0 radical (unpaired) electrons. The molecule has 0 unspecified atom stereocenters. The van der Waals surface area contributed by atoms with Gasteiger partial charge in [-0.15, -0.1) is 0 Å². The average Bonchev–Trinajstić information content (AvgIpc) is 0.809. The van der Waals surface area contributed by atoms with E-state index in [1.54, 1.807) is 0 Å². The third-order valence-electron chi connectivity index (χ3n) is 23.0. The molecule has 0 saturated heterocycles. The van der Waals surface area contributed by atoms with Crippen LogP contribution in [-0.4, -0.2) is 164 Å². The molecule has 638 valence electrons. The SMILES string of the molecule is CCCCCCCCCCCCCCCCCC(=O)NC(CO)(CO)CO[Si](CCC[N+](C)(CCCCCCCCCC)CCCCCCCCCC)(OCC(CO)(CO)NC(=O)CCCCCCCCCCCCCCCCC)OCC(CO)(CO)NC(=O)CCCCCCCCCCCCCCCCC. The standard InChI is InChI=1S/C90H182N4O12Si/c1-7-12-17-22-27-32-35-38-41-44-47-50-53-58-63-69-85(101)91-88(76-95,77-96)82-104-107(75-68-74-94(6,72-66-61-56-30-25-20-15-10-4)73-67-62-57-31-26-21-16-11-5,105-83-89(78-97,79-98)92-86(102)70-64-59-54-51-48-45-42-39-36-33-28-23-18-13-8-2)106-84-90(80-99,81-100)93-87(103)71-65-60-55-52-49-46-43-40-37-34-29-24-19-14-9-3/h95-100H,7-84H2,1-6H3,(H2-,91,92,93,101,102,103)/p+1. The second-order valence-corrected chi connectivity index (χ2v) is 36.7. The van der Waals surface area contributed by atoms with Crippen molar-refractivity contribution in [1.29, 1.82) is 0 Å². The maximum atomic E-state index is 14.0. The molecule has 0 aliphatic carbocycles. The van der Waals surface area contributed by atoms with E-state index in [1.165, 1.54) is 289 Å². The topological polar surface area (TPSA) is 236 Å². The minimum absolute atomic E-state index is 0.135. The maximum absolute atomic E-state index is 14.0. The van der Waals surface area contributed by atoms with Crippen LogP contribution in [-0.2, 0) is 27.7 Å².